The molecule has 0 bridgehead atoms. The molecule has 1 aromatic rings. The minimum Gasteiger partial charge on any atom is -0.370 e. The van der Waals surface area contributed by atoms with Crippen LogP contribution in [0.25, 0.3) is 0 Å². The summed E-state index contributed by atoms with van der Waals surface area (Å²) in [5, 5.41) is 3.39. The third-order valence-corrected chi connectivity index (χ3v) is 3.01. The monoisotopic (exact) mass is 234 g/mol. The minimum absolute atomic E-state index is 1.05. The van der Waals surface area contributed by atoms with Gasteiger partial charge in [0.15, 0.2) is 0 Å². The quantitative estimate of drug-likeness (QED) is 0.695. The van der Waals surface area contributed by atoms with Gasteiger partial charge in [0.25, 0.3) is 0 Å². The fraction of sp³-hybridized carbons (Fsp3) is 0.600. The van der Waals surface area contributed by atoms with E-state index >= 15 is 0 Å². The molecule has 0 heterocycles. The highest BCUT2D eigenvalue weighted by Gasteiger charge is 2.04. The number of anilines is 1. The first-order valence-electron chi connectivity index (χ1n) is 6.86. The van der Waals surface area contributed by atoms with Crippen LogP contribution in [0.2, 0.25) is 0 Å². The second-order valence-electron chi connectivity index (χ2n) is 4.36. The van der Waals surface area contributed by atoms with Crippen molar-refractivity contribution in [2.45, 2.75) is 33.6 Å². The van der Waals surface area contributed by atoms with E-state index in [0.29, 0.717) is 0 Å². The minimum atomic E-state index is 1.05. The Hall–Kier alpha value is -1.02. The van der Waals surface area contributed by atoms with Gasteiger partial charge in [0.05, 0.1) is 0 Å². The third-order valence-electron chi connectivity index (χ3n) is 3.01. The van der Waals surface area contributed by atoms with Crippen LogP contribution in [0.15, 0.2) is 24.3 Å². The van der Waals surface area contributed by atoms with Crippen LogP contribution < -0.4 is 10.2 Å². The van der Waals surface area contributed by atoms with Crippen molar-refractivity contribution in [2.24, 2.45) is 0 Å². The van der Waals surface area contributed by atoms with Crippen LogP contribution in [0, 0.1) is 0 Å². The Balaban J connectivity index is 2.60. The van der Waals surface area contributed by atoms with Crippen molar-refractivity contribution in [1.82, 2.24) is 5.32 Å². The van der Waals surface area contributed by atoms with E-state index in [1.54, 1.807) is 0 Å². The molecule has 1 rings (SSSR count). The molecule has 2 heteroatoms. The molecule has 0 radical (unpaired) electrons. The van der Waals surface area contributed by atoms with Crippen LogP contribution >= 0.6 is 0 Å². The van der Waals surface area contributed by atoms with Crippen LogP contribution in [0.1, 0.15) is 32.8 Å². The first-order chi connectivity index (χ1) is 8.31. The summed E-state index contributed by atoms with van der Waals surface area (Å²) >= 11 is 0. The zero-order valence-corrected chi connectivity index (χ0v) is 11.5. The zero-order chi connectivity index (χ0) is 12.5. The topological polar surface area (TPSA) is 15.3 Å². The first kappa shape index (κ1) is 14.0. The summed E-state index contributed by atoms with van der Waals surface area (Å²) in [7, 11) is 0. The van der Waals surface area contributed by atoms with Gasteiger partial charge in [-0.1, -0.05) is 32.9 Å². The summed E-state index contributed by atoms with van der Waals surface area (Å²) in [5.74, 6) is 0. The largest absolute Gasteiger partial charge is 0.370 e. The molecular formula is C15H26N2. The molecule has 0 aliphatic carbocycles. The lowest BCUT2D eigenvalue weighted by molar-refractivity contribution is 0.673. The van der Waals surface area contributed by atoms with Gasteiger partial charge < -0.3 is 10.2 Å². The molecule has 2 nitrogen and oxygen atoms in total. The van der Waals surface area contributed by atoms with Gasteiger partial charge in [-0.25, -0.2) is 0 Å². The van der Waals surface area contributed by atoms with Crippen molar-refractivity contribution >= 4 is 5.69 Å². The van der Waals surface area contributed by atoms with Crippen molar-refractivity contribution in [3.63, 3.8) is 0 Å². The van der Waals surface area contributed by atoms with Crippen LogP contribution in [0.4, 0.5) is 5.69 Å². The van der Waals surface area contributed by atoms with Gasteiger partial charge in [-0.3, -0.25) is 0 Å². The summed E-state index contributed by atoms with van der Waals surface area (Å²) in [5.41, 5.74) is 2.76. The van der Waals surface area contributed by atoms with Crippen molar-refractivity contribution < 1.29 is 0 Å². The third kappa shape index (κ3) is 4.78. The number of hydrogen-bond acceptors (Lipinski definition) is 2. The summed E-state index contributed by atoms with van der Waals surface area (Å²) in [6.07, 6.45) is 2.31. The van der Waals surface area contributed by atoms with Crippen LogP contribution in [-0.4, -0.2) is 26.2 Å². The maximum absolute atomic E-state index is 3.39. The molecule has 0 fully saturated rings. The summed E-state index contributed by atoms with van der Waals surface area (Å²) < 4.78 is 0. The maximum Gasteiger partial charge on any atom is 0.0366 e. The normalized spacial score (nSPS) is 10.5. The lowest BCUT2D eigenvalue weighted by atomic mass is 10.1. The Morgan fingerprint density at radius 1 is 1.00 bits per heavy atom. The molecule has 0 aromatic heterocycles. The van der Waals surface area contributed by atoms with Gasteiger partial charge in [-0.05, 0) is 37.1 Å². The van der Waals surface area contributed by atoms with E-state index in [4.69, 9.17) is 0 Å². The van der Waals surface area contributed by atoms with Gasteiger partial charge in [0, 0.05) is 25.3 Å². The predicted molar refractivity (Wildman–Crippen MR) is 76.9 cm³/mol. The second-order valence-corrected chi connectivity index (χ2v) is 4.36. The van der Waals surface area contributed by atoms with E-state index in [-0.39, 0.29) is 0 Å². The fourth-order valence-corrected chi connectivity index (χ4v) is 1.97. The van der Waals surface area contributed by atoms with Crippen LogP contribution in [0.5, 0.6) is 0 Å². The van der Waals surface area contributed by atoms with Crippen LogP contribution in [0.3, 0.4) is 0 Å². The highest BCUT2D eigenvalue weighted by molar-refractivity contribution is 5.47. The highest BCUT2D eigenvalue weighted by atomic mass is 15.1. The summed E-state index contributed by atoms with van der Waals surface area (Å²) in [4.78, 5) is 2.46. The lowest BCUT2D eigenvalue weighted by Crippen LogP contribution is -2.32. The van der Waals surface area contributed by atoms with E-state index in [1.807, 2.05) is 0 Å². The molecule has 0 aliphatic heterocycles. The number of likely N-dealkylation sites (N-methyl/N-ethyl adjacent to an activating group) is 1. The summed E-state index contributed by atoms with van der Waals surface area (Å²) in [6, 6.07) is 8.98. The molecule has 17 heavy (non-hydrogen) atoms. The average Bonchev–Trinajstić information content (AvgIpc) is 2.38. The second kappa shape index (κ2) is 8.13. The molecule has 0 unspecified atom stereocenters. The van der Waals surface area contributed by atoms with E-state index < -0.39 is 0 Å². The highest BCUT2D eigenvalue weighted by Crippen LogP contribution is 2.15. The Labute approximate surface area is 106 Å². The zero-order valence-electron chi connectivity index (χ0n) is 11.5. The van der Waals surface area contributed by atoms with Gasteiger partial charge in [-0.15, -0.1) is 0 Å². The number of rotatable bonds is 8. The number of aryl methyl sites for hydroxylation is 1. The molecule has 0 spiro atoms. The Bertz CT molecular complexity index is 292. The number of hydrogen-bond donors (Lipinski definition) is 1. The maximum atomic E-state index is 3.39. The van der Waals surface area contributed by atoms with E-state index in [9.17, 15) is 0 Å². The van der Waals surface area contributed by atoms with Crippen molar-refractivity contribution in [3.05, 3.63) is 29.8 Å². The van der Waals surface area contributed by atoms with E-state index in [2.05, 4.69) is 55.3 Å². The van der Waals surface area contributed by atoms with E-state index in [1.165, 1.54) is 17.7 Å². The Morgan fingerprint density at radius 3 is 2.24 bits per heavy atom. The van der Waals surface area contributed by atoms with Gasteiger partial charge in [-0.2, -0.15) is 0 Å². The number of nitrogens with zero attached hydrogens (tertiary/aromatic N) is 1. The molecule has 0 saturated heterocycles. The van der Waals surface area contributed by atoms with Crippen molar-refractivity contribution in [1.29, 1.82) is 0 Å². The summed E-state index contributed by atoms with van der Waals surface area (Å²) in [6.45, 7) is 10.9. The average molecular weight is 234 g/mol. The smallest absolute Gasteiger partial charge is 0.0366 e. The van der Waals surface area contributed by atoms with Crippen molar-refractivity contribution in [2.75, 3.05) is 31.1 Å². The molecule has 1 N–H and O–H groups in total. The van der Waals surface area contributed by atoms with Crippen molar-refractivity contribution in [3.8, 4) is 0 Å². The lowest BCUT2D eigenvalue weighted by Gasteiger charge is -2.24. The van der Waals surface area contributed by atoms with Crippen LogP contribution in [-0.2, 0) is 6.42 Å². The van der Waals surface area contributed by atoms with E-state index in [0.717, 1.165) is 32.6 Å². The SMILES string of the molecule is CCCN(CCNCC)c1ccc(CC)cc1. The first-order valence-corrected chi connectivity index (χ1v) is 6.86. The number of nitrogens with one attached hydrogen (secondary N) is 1. The Morgan fingerprint density at radius 2 is 1.71 bits per heavy atom. The number of benzene rings is 1. The molecule has 96 valence electrons. The molecule has 1 aromatic carbocycles. The predicted octanol–water partition coefficient (Wildman–Crippen LogP) is 3.07. The fourth-order valence-electron chi connectivity index (χ4n) is 1.97. The molecule has 0 aliphatic rings. The molecular weight excluding hydrogens is 208 g/mol. The molecule has 0 amide bonds. The van der Waals surface area contributed by atoms with Gasteiger partial charge >= 0.3 is 0 Å². The van der Waals surface area contributed by atoms with Gasteiger partial charge in [0.2, 0.25) is 0 Å². The van der Waals surface area contributed by atoms with Gasteiger partial charge in [0.1, 0.15) is 0 Å². The Kier molecular flexibility index (Phi) is 6.71. The molecule has 0 atom stereocenters. The standard InChI is InChI=1S/C15H26N2/c1-4-12-17(13-11-16-6-3)15-9-7-14(5-2)8-10-15/h7-10,16H,4-6,11-13H2,1-3H3. The molecule has 0 saturated carbocycles.